The first-order chi connectivity index (χ1) is 12.1. The van der Waals surface area contributed by atoms with Gasteiger partial charge in [0.05, 0.1) is 11.3 Å². The van der Waals surface area contributed by atoms with E-state index in [9.17, 15) is 9.18 Å². The first-order valence-corrected chi connectivity index (χ1v) is 7.79. The van der Waals surface area contributed by atoms with Crippen LogP contribution in [0.5, 0.6) is 5.75 Å². The van der Waals surface area contributed by atoms with Crippen molar-refractivity contribution in [2.24, 2.45) is 4.99 Å². The third kappa shape index (κ3) is 4.61. The Balaban J connectivity index is 1.66. The van der Waals surface area contributed by atoms with Crippen LogP contribution in [0.3, 0.4) is 0 Å². The van der Waals surface area contributed by atoms with Gasteiger partial charge in [-0.25, -0.2) is 9.18 Å². The van der Waals surface area contributed by atoms with E-state index in [0.29, 0.717) is 17.0 Å². The maximum absolute atomic E-state index is 12.9. The lowest BCUT2D eigenvalue weighted by Gasteiger charge is -2.05. The molecule has 0 atom stereocenters. The summed E-state index contributed by atoms with van der Waals surface area (Å²) in [5, 5.41) is 0. The van der Waals surface area contributed by atoms with E-state index < -0.39 is 5.97 Å². The maximum Gasteiger partial charge on any atom is 0.343 e. The average Bonchev–Trinajstić information content (AvgIpc) is 2.63. The van der Waals surface area contributed by atoms with Gasteiger partial charge in [-0.15, -0.1) is 0 Å². The normalized spacial score (nSPS) is 10.8. The summed E-state index contributed by atoms with van der Waals surface area (Å²) in [5.74, 6) is -0.196. The molecule has 124 valence electrons. The number of halogens is 1. The third-order valence-electron chi connectivity index (χ3n) is 3.57. The van der Waals surface area contributed by atoms with Crippen LogP contribution >= 0.6 is 0 Å². The van der Waals surface area contributed by atoms with Crippen LogP contribution in [0.4, 0.5) is 10.1 Å². The fourth-order valence-electron chi connectivity index (χ4n) is 2.15. The number of hydrogen-bond donors (Lipinski definition) is 0. The van der Waals surface area contributed by atoms with Gasteiger partial charge < -0.3 is 4.74 Å². The van der Waals surface area contributed by atoms with Crippen molar-refractivity contribution in [1.82, 2.24) is 0 Å². The van der Waals surface area contributed by atoms with Gasteiger partial charge in [-0.05, 0) is 61.0 Å². The van der Waals surface area contributed by atoms with Gasteiger partial charge in [0.2, 0.25) is 0 Å². The van der Waals surface area contributed by atoms with Gasteiger partial charge in [-0.1, -0.05) is 29.8 Å². The first kappa shape index (κ1) is 16.6. The highest BCUT2D eigenvalue weighted by Gasteiger charge is 2.08. The van der Waals surface area contributed by atoms with Crippen molar-refractivity contribution in [2.45, 2.75) is 6.92 Å². The number of carbonyl (C=O) groups is 1. The van der Waals surface area contributed by atoms with Gasteiger partial charge in [0.15, 0.2) is 0 Å². The second-order valence-corrected chi connectivity index (χ2v) is 5.56. The monoisotopic (exact) mass is 333 g/mol. The fraction of sp³-hybridized carbons (Fsp3) is 0.0476. The standard InChI is InChI=1S/C21H16FNO2/c1-15-2-12-20(13-3-15)25-21(24)17-6-4-16(5-7-17)14-23-19-10-8-18(22)9-11-19/h2-14H,1H3. The van der Waals surface area contributed by atoms with Crippen LogP contribution in [0, 0.1) is 12.7 Å². The largest absolute Gasteiger partial charge is 0.423 e. The molecule has 0 aliphatic heterocycles. The molecule has 0 heterocycles. The smallest absolute Gasteiger partial charge is 0.343 e. The number of rotatable bonds is 4. The Labute approximate surface area is 145 Å². The molecule has 0 aliphatic carbocycles. The first-order valence-electron chi connectivity index (χ1n) is 7.79. The summed E-state index contributed by atoms with van der Waals surface area (Å²) < 4.78 is 18.2. The van der Waals surface area contributed by atoms with Crippen LogP contribution in [0.2, 0.25) is 0 Å². The Morgan fingerprint density at radius 1 is 0.920 bits per heavy atom. The summed E-state index contributed by atoms with van der Waals surface area (Å²) in [6.45, 7) is 1.97. The van der Waals surface area contributed by atoms with E-state index in [1.54, 1.807) is 54.7 Å². The van der Waals surface area contributed by atoms with Crippen molar-refractivity contribution in [1.29, 1.82) is 0 Å². The Hall–Kier alpha value is -3.27. The molecule has 3 nitrogen and oxygen atoms in total. The van der Waals surface area contributed by atoms with Crippen LogP contribution in [0.15, 0.2) is 77.8 Å². The van der Waals surface area contributed by atoms with Gasteiger partial charge in [-0.3, -0.25) is 4.99 Å². The summed E-state index contributed by atoms with van der Waals surface area (Å²) >= 11 is 0. The third-order valence-corrected chi connectivity index (χ3v) is 3.57. The number of hydrogen-bond acceptors (Lipinski definition) is 3. The number of esters is 1. The molecule has 0 radical (unpaired) electrons. The number of aryl methyl sites for hydroxylation is 1. The molecule has 3 rings (SSSR count). The second-order valence-electron chi connectivity index (χ2n) is 5.56. The van der Waals surface area contributed by atoms with Crippen LogP contribution < -0.4 is 4.74 Å². The Morgan fingerprint density at radius 2 is 1.56 bits per heavy atom. The van der Waals surface area contributed by atoms with Crippen molar-refractivity contribution in [2.75, 3.05) is 0 Å². The Kier molecular flexibility index (Phi) is 5.00. The minimum Gasteiger partial charge on any atom is -0.423 e. The molecule has 0 saturated carbocycles. The van der Waals surface area contributed by atoms with E-state index in [2.05, 4.69) is 4.99 Å². The maximum atomic E-state index is 12.9. The lowest BCUT2D eigenvalue weighted by atomic mass is 10.1. The number of nitrogens with zero attached hydrogens (tertiary/aromatic N) is 1. The zero-order chi connectivity index (χ0) is 17.6. The lowest BCUT2D eigenvalue weighted by Crippen LogP contribution is -2.08. The summed E-state index contributed by atoms with van der Waals surface area (Å²) in [7, 11) is 0. The van der Waals surface area contributed by atoms with Crippen LogP contribution in [0.25, 0.3) is 0 Å². The molecule has 4 heteroatoms. The van der Waals surface area contributed by atoms with Gasteiger partial charge >= 0.3 is 5.97 Å². The molecule has 0 amide bonds. The average molecular weight is 333 g/mol. The summed E-state index contributed by atoms with van der Waals surface area (Å²) in [6.07, 6.45) is 1.66. The molecule has 0 saturated heterocycles. The van der Waals surface area contributed by atoms with E-state index in [4.69, 9.17) is 4.74 Å². The highest BCUT2D eigenvalue weighted by Crippen LogP contribution is 2.15. The van der Waals surface area contributed by atoms with Gasteiger partial charge in [0.1, 0.15) is 11.6 Å². The number of carbonyl (C=O) groups excluding carboxylic acids is 1. The Morgan fingerprint density at radius 3 is 2.20 bits per heavy atom. The molecule has 3 aromatic rings. The van der Waals surface area contributed by atoms with Gasteiger partial charge in [0.25, 0.3) is 0 Å². The molecular formula is C21H16FNO2. The van der Waals surface area contributed by atoms with Crippen LogP contribution in [-0.4, -0.2) is 12.2 Å². The lowest BCUT2D eigenvalue weighted by molar-refractivity contribution is 0.0734. The van der Waals surface area contributed by atoms with Crippen molar-refractivity contribution >= 4 is 17.9 Å². The summed E-state index contributed by atoms with van der Waals surface area (Å²) in [4.78, 5) is 16.4. The molecule has 0 fully saturated rings. The van der Waals surface area contributed by atoms with Gasteiger partial charge in [0, 0.05) is 6.21 Å². The molecule has 0 bridgehead atoms. The number of ether oxygens (including phenoxy) is 1. The molecule has 3 aromatic carbocycles. The molecule has 0 N–H and O–H groups in total. The predicted octanol–water partition coefficient (Wildman–Crippen LogP) is 5.10. The van der Waals surface area contributed by atoms with Crippen molar-refractivity contribution < 1.29 is 13.9 Å². The number of benzene rings is 3. The molecule has 0 aromatic heterocycles. The second kappa shape index (κ2) is 7.53. The predicted molar refractivity (Wildman–Crippen MR) is 96.2 cm³/mol. The minimum atomic E-state index is -0.411. The molecular weight excluding hydrogens is 317 g/mol. The Bertz CT molecular complexity index is 883. The fourth-order valence-corrected chi connectivity index (χ4v) is 2.15. The zero-order valence-electron chi connectivity index (χ0n) is 13.6. The number of aliphatic imine (C=N–C) groups is 1. The quantitative estimate of drug-likeness (QED) is 0.378. The van der Waals surface area contributed by atoms with E-state index in [-0.39, 0.29) is 5.82 Å². The topological polar surface area (TPSA) is 38.7 Å². The molecule has 25 heavy (non-hydrogen) atoms. The van der Waals surface area contributed by atoms with E-state index in [1.165, 1.54) is 12.1 Å². The van der Waals surface area contributed by atoms with Crippen molar-refractivity contribution in [3.8, 4) is 5.75 Å². The van der Waals surface area contributed by atoms with Crippen molar-refractivity contribution in [3.63, 3.8) is 0 Å². The molecule has 0 spiro atoms. The van der Waals surface area contributed by atoms with Crippen LogP contribution in [-0.2, 0) is 0 Å². The van der Waals surface area contributed by atoms with Gasteiger partial charge in [-0.2, -0.15) is 0 Å². The SMILES string of the molecule is Cc1ccc(OC(=O)c2ccc(C=Nc3ccc(F)cc3)cc2)cc1. The van der Waals surface area contributed by atoms with Crippen molar-refractivity contribution in [3.05, 3.63) is 95.3 Å². The molecule has 0 aliphatic rings. The van der Waals surface area contributed by atoms with E-state index >= 15 is 0 Å². The minimum absolute atomic E-state index is 0.296. The highest BCUT2D eigenvalue weighted by molar-refractivity contribution is 5.92. The van der Waals surface area contributed by atoms with E-state index in [1.807, 2.05) is 19.1 Å². The highest BCUT2D eigenvalue weighted by atomic mass is 19.1. The van der Waals surface area contributed by atoms with E-state index in [0.717, 1.165) is 11.1 Å². The molecule has 0 unspecified atom stereocenters. The summed E-state index contributed by atoms with van der Waals surface area (Å²) in [5.41, 5.74) is 3.05. The zero-order valence-corrected chi connectivity index (χ0v) is 13.6. The summed E-state index contributed by atoms with van der Waals surface area (Å²) in [6, 6.07) is 20.1. The van der Waals surface area contributed by atoms with Crippen LogP contribution in [0.1, 0.15) is 21.5 Å².